The lowest BCUT2D eigenvalue weighted by molar-refractivity contribution is 0.570. The van der Waals surface area contributed by atoms with Crippen molar-refractivity contribution in [3.63, 3.8) is 0 Å². The van der Waals surface area contributed by atoms with Gasteiger partial charge in [-0.2, -0.15) is 0 Å². The zero-order valence-corrected chi connectivity index (χ0v) is 12.6. The molecule has 2 heteroatoms. The summed E-state index contributed by atoms with van der Waals surface area (Å²) in [6, 6.07) is 7.24. The number of aromatic amines is 1. The summed E-state index contributed by atoms with van der Waals surface area (Å²) in [5.74, 6) is 0. The van der Waals surface area contributed by atoms with Crippen LogP contribution < -0.4 is 5.32 Å². The number of rotatable bonds is 6. The van der Waals surface area contributed by atoms with Gasteiger partial charge in [0.2, 0.25) is 0 Å². The summed E-state index contributed by atoms with van der Waals surface area (Å²) < 4.78 is 0. The van der Waals surface area contributed by atoms with Crippen LogP contribution in [-0.2, 0) is 12.8 Å². The summed E-state index contributed by atoms with van der Waals surface area (Å²) in [5.41, 5.74) is 5.60. The molecule has 0 radical (unpaired) electrons. The second kappa shape index (κ2) is 6.25. The highest BCUT2D eigenvalue weighted by molar-refractivity contribution is 5.87. The second-order valence-electron chi connectivity index (χ2n) is 5.63. The molecule has 19 heavy (non-hydrogen) atoms. The van der Waals surface area contributed by atoms with Gasteiger partial charge in [-0.25, -0.2) is 0 Å². The van der Waals surface area contributed by atoms with E-state index < -0.39 is 0 Å². The van der Waals surface area contributed by atoms with Gasteiger partial charge >= 0.3 is 0 Å². The van der Waals surface area contributed by atoms with Crippen molar-refractivity contribution in [1.29, 1.82) is 0 Å². The predicted octanol–water partition coefficient (Wildman–Crippen LogP) is 3.97. The third kappa shape index (κ3) is 3.19. The van der Waals surface area contributed by atoms with Gasteiger partial charge in [0.05, 0.1) is 0 Å². The molecule has 0 fully saturated rings. The Hall–Kier alpha value is -1.28. The van der Waals surface area contributed by atoms with Gasteiger partial charge in [0.15, 0.2) is 0 Å². The van der Waals surface area contributed by atoms with E-state index in [1.54, 1.807) is 0 Å². The SMILES string of the molecule is CCc1cccc2c(CCCNC(C)C)c(C)[nH]c12. The number of H-pyrrole nitrogens is 1. The van der Waals surface area contributed by atoms with E-state index in [1.807, 2.05) is 0 Å². The Labute approximate surface area is 116 Å². The van der Waals surface area contributed by atoms with E-state index in [2.05, 4.69) is 56.2 Å². The molecule has 0 amide bonds. The average Bonchev–Trinajstić information content (AvgIpc) is 2.70. The van der Waals surface area contributed by atoms with Crippen LogP contribution in [0.25, 0.3) is 10.9 Å². The van der Waals surface area contributed by atoms with Gasteiger partial charge in [-0.05, 0) is 43.9 Å². The molecule has 2 N–H and O–H groups in total. The minimum atomic E-state index is 0.579. The maximum atomic E-state index is 3.58. The van der Waals surface area contributed by atoms with Crippen LogP contribution >= 0.6 is 0 Å². The summed E-state index contributed by atoms with van der Waals surface area (Å²) in [7, 11) is 0. The molecule has 0 aliphatic heterocycles. The molecule has 0 saturated heterocycles. The largest absolute Gasteiger partial charge is 0.358 e. The number of para-hydroxylation sites is 1. The first-order valence-corrected chi connectivity index (χ1v) is 7.46. The smallest absolute Gasteiger partial charge is 0.0491 e. The van der Waals surface area contributed by atoms with Crippen molar-refractivity contribution in [3.8, 4) is 0 Å². The first kappa shape index (κ1) is 14.1. The van der Waals surface area contributed by atoms with Gasteiger partial charge in [-0.3, -0.25) is 0 Å². The zero-order valence-electron chi connectivity index (χ0n) is 12.6. The number of hydrogen-bond acceptors (Lipinski definition) is 1. The van der Waals surface area contributed by atoms with E-state index in [4.69, 9.17) is 0 Å². The Balaban J connectivity index is 2.16. The monoisotopic (exact) mass is 258 g/mol. The zero-order chi connectivity index (χ0) is 13.8. The molecule has 0 bridgehead atoms. The standard InChI is InChI=1S/C17H26N2/c1-5-14-8-6-9-16-15(13(4)19-17(14)16)10-7-11-18-12(2)3/h6,8-9,12,18-19H,5,7,10-11H2,1-4H3. The van der Waals surface area contributed by atoms with E-state index in [1.165, 1.54) is 34.1 Å². The summed E-state index contributed by atoms with van der Waals surface area (Å²) in [6.45, 7) is 9.91. The van der Waals surface area contributed by atoms with Crippen LogP contribution in [0.5, 0.6) is 0 Å². The van der Waals surface area contributed by atoms with E-state index in [-0.39, 0.29) is 0 Å². The van der Waals surface area contributed by atoms with Crippen molar-refractivity contribution >= 4 is 10.9 Å². The molecular weight excluding hydrogens is 232 g/mol. The lowest BCUT2D eigenvalue weighted by Crippen LogP contribution is -2.23. The number of aromatic nitrogens is 1. The fourth-order valence-electron chi connectivity index (χ4n) is 2.74. The molecule has 2 aromatic rings. The fourth-order valence-corrected chi connectivity index (χ4v) is 2.74. The van der Waals surface area contributed by atoms with Crippen LogP contribution in [-0.4, -0.2) is 17.6 Å². The van der Waals surface area contributed by atoms with E-state index in [0.29, 0.717) is 6.04 Å². The van der Waals surface area contributed by atoms with Gasteiger partial charge in [-0.15, -0.1) is 0 Å². The number of nitrogens with one attached hydrogen (secondary N) is 2. The van der Waals surface area contributed by atoms with Crippen LogP contribution in [0.2, 0.25) is 0 Å². The van der Waals surface area contributed by atoms with Crippen molar-refractivity contribution in [3.05, 3.63) is 35.0 Å². The second-order valence-corrected chi connectivity index (χ2v) is 5.63. The van der Waals surface area contributed by atoms with Crippen molar-refractivity contribution in [2.45, 2.75) is 53.0 Å². The highest BCUT2D eigenvalue weighted by Gasteiger charge is 2.10. The maximum absolute atomic E-state index is 3.58. The predicted molar refractivity (Wildman–Crippen MR) is 83.9 cm³/mol. The van der Waals surface area contributed by atoms with Gasteiger partial charge < -0.3 is 10.3 Å². The van der Waals surface area contributed by atoms with Crippen LogP contribution in [0.15, 0.2) is 18.2 Å². The summed E-state index contributed by atoms with van der Waals surface area (Å²) in [6.07, 6.45) is 3.44. The Morgan fingerprint density at radius 1 is 1.26 bits per heavy atom. The van der Waals surface area contributed by atoms with Crippen LogP contribution in [0.4, 0.5) is 0 Å². The maximum Gasteiger partial charge on any atom is 0.0491 e. The third-order valence-corrected chi connectivity index (χ3v) is 3.78. The minimum absolute atomic E-state index is 0.579. The summed E-state index contributed by atoms with van der Waals surface area (Å²) >= 11 is 0. The molecule has 0 spiro atoms. The van der Waals surface area contributed by atoms with Crippen molar-refractivity contribution in [2.24, 2.45) is 0 Å². The van der Waals surface area contributed by atoms with E-state index in [9.17, 15) is 0 Å². The Morgan fingerprint density at radius 3 is 2.74 bits per heavy atom. The molecule has 0 aliphatic rings. The quantitative estimate of drug-likeness (QED) is 0.754. The highest BCUT2D eigenvalue weighted by atomic mass is 14.9. The summed E-state index contributed by atoms with van der Waals surface area (Å²) in [4.78, 5) is 3.58. The molecule has 0 atom stereocenters. The lowest BCUT2D eigenvalue weighted by atomic mass is 10.0. The Kier molecular flexibility index (Phi) is 4.65. The topological polar surface area (TPSA) is 27.8 Å². The van der Waals surface area contributed by atoms with Crippen molar-refractivity contribution in [1.82, 2.24) is 10.3 Å². The van der Waals surface area contributed by atoms with Gasteiger partial charge in [-0.1, -0.05) is 39.0 Å². The number of benzene rings is 1. The molecular formula is C17H26N2. The number of aryl methyl sites for hydroxylation is 3. The molecule has 0 saturated carbocycles. The molecule has 1 aromatic heterocycles. The first-order valence-electron chi connectivity index (χ1n) is 7.46. The average molecular weight is 258 g/mol. The molecule has 2 nitrogen and oxygen atoms in total. The summed E-state index contributed by atoms with van der Waals surface area (Å²) in [5, 5.41) is 4.91. The van der Waals surface area contributed by atoms with Gasteiger partial charge in [0.25, 0.3) is 0 Å². The minimum Gasteiger partial charge on any atom is -0.358 e. The molecule has 2 rings (SSSR count). The lowest BCUT2D eigenvalue weighted by Gasteiger charge is -2.08. The highest BCUT2D eigenvalue weighted by Crippen LogP contribution is 2.26. The van der Waals surface area contributed by atoms with Crippen molar-refractivity contribution in [2.75, 3.05) is 6.54 Å². The van der Waals surface area contributed by atoms with Gasteiger partial charge in [0.1, 0.15) is 0 Å². The third-order valence-electron chi connectivity index (χ3n) is 3.78. The number of fused-ring (bicyclic) bond motifs is 1. The number of hydrogen-bond donors (Lipinski definition) is 2. The molecule has 0 aliphatic carbocycles. The van der Waals surface area contributed by atoms with Crippen LogP contribution in [0.1, 0.15) is 44.0 Å². The molecule has 0 unspecified atom stereocenters. The van der Waals surface area contributed by atoms with Crippen LogP contribution in [0.3, 0.4) is 0 Å². The molecule has 1 aromatic carbocycles. The van der Waals surface area contributed by atoms with Crippen molar-refractivity contribution < 1.29 is 0 Å². The molecule has 104 valence electrons. The van der Waals surface area contributed by atoms with E-state index in [0.717, 1.165) is 19.4 Å². The van der Waals surface area contributed by atoms with Gasteiger partial charge in [0, 0.05) is 22.6 Å². The first-order chi connectivity index (χ1) is 9.13. The van der Waals surface area contributed by atoms with E-state index >= 15 is 0 Å². The molecule has 1 heterocycles. The Morgan fingerprint density at radius 2 is 2.05 bits per heavy atom. The fraction of sp³-hybridized carbons (Fsp3) is 0.529. The Bertz CT molecular complexity index is 537. The van der Waals surface area contributed by atoms with Crippen LogP contribution in [0, 0.1) is 6.92 Å². The normalized spacial score (nSPS) is 11.6.